The molecule has 2 aromatic rings. The highest BCUT2D eigenvalue weighted by molar-refractivity contribution is 6.31. The van der Waals surface area contributed by atoms with Gasteiger partial charge in [0.2, 0.25) is 0 Å². The van der Waals surface area contributed by atoms with Gasteiger partial charge in [-0.2, -0.15) is 0 Å². The molecule has 5 nitrogen and oxygen atoms in total. The Bertz CT molecular complexity index is 1020. The number of methoxy groups -OCH3 is 1. The summed E-state index contributed by atoms with van der Waals surface area (Å²) in [7, 11) is 1.69. The normalized spacial score (nSPS) is 22.3. The maximum atomic E-state index is 7.01. The molecule has 2 unspecified atom stereocenters. The Morgan fingerprint density at radius 1 is 1.18 bits per heavy atom. The van der Waals surface area contributed by atoms with Crippen molar-refractivity contribution in [2.75, 3.05) is 19.0 Å². The second-order valence-corrected chi connectivity index (χ2v) is 9.55. The molecule has 0 bridgehead atoms. The molecule has 2 fully saturated rings. The highest BCUT2D eigenvalue weighted by Crippen LogP contribution is 2.45. The number of rotatable bonds is 8. The van der Waals surface area contributed by atoms with E-state index < -0.39 is 0 Å². The van der Waals surface area contributed by atoms with Crippen LogP contribution in [-0.2, 0) is 6.54 Å². The number of fused-ring (bicyclic) bond motifs is 1. The van der Waals surface area contributed by atoms with Gasteiger partial charge in [0.1, 0.15) is 5.75 Å². The van der Waals surface area contributed by atoms with Crippen LogP contribution in [0.3, 0.4) is 0 Å². The van der Waals surface area contributed by atoms with Crippen LogP contribution in [0, 0.1) is 5.92 Å². The molecule has 1 aliphatic heterocycles. The maximum absolute atomic E-state index is 7.01. The van der Waals surface area contributed by atoms with Crippen LogP contribution in [0.4, 0.5) is 5.69 Å². The average molecular weight is 467 g/mol. The van der Waals surface area contributed by atoms with E-state index in [4.69, 9.17) is 22.1 Å². The van der Waals surface area contributed by atoms with Gasteiger partial charge >= 0.3 is 0 Å². The molecule has 1 saturated carbocycles. The number of benzene rings is 2. The van der Waals surface area contributed by atoms with Crippen molar-refractivity contribution in [3.63, 3.8) is 0 Å². The van der Waals surface area contributed by atoms with Crippen molar-refractivity contribution in [2.24, 2.45) is 11.7 Å². The number of ether oxygens (including phenoxy) is 1. The third-order valence-corrected chi connectivity index (χ3v) is 7.48. The number of hydrogen-bond acceptors (Lipinski definition) is 5. The maximum Gasteiger partial charge on any atom is 0.130 e. The molecule has 33 heavy (non-hydrogen) atoms. The van der Waals surface area contributed by atoms with E-state index in [-0.39, 0.29) is 5.66 Å². The highest BCUT2D eigenvalue weighted by Gasteiger charge is 2.45. The summed E-state index contributed by atoms with van der Waals surface area (Å²) in [4.78, 5) is 2.34. The smallest absolute Gasteiger partial charge is 0.130 e. The van der Waals surface area contributed by atoms with E-state index in [1.54, 1.807) is 7.11 Å². The van der Waals surface area contributed by atoms with Crippen LogP contribution in [0.5, 0.6) is 5.75 Å². The molecule has 1 aliphatic carbocycles. The Labute approximate surface area is 202 Å². The lowest BCUT2D eigenvalue weighted by Gasteiger charge is -2.54. The second kappa shape index (κ2) is 10.1. The predicted octanol–water partition coefficient (Wildman–Crippen LogP) is 5.93. The molecule has 1 heterocycles. The number of halogens is 1. The SMILES string of the molecule is C=C(NCc1ccccc1Cl)Nc1ccc(C(=C)N2CCCC3CCCCC32N)c(OC)c1. The molecule has 4 N–H and O–H groups in total. The first-order chi connectivity index (χ1) is 15.9. The van der Waals surface area contributed by atoms with Gasteiger partial charge < -0.3 is 26.0 Å². The summed E-state index contributed by atoms with van der Waals surface area (Å²) in [6.45, 7) is 10.1. The van der Waals surface area contributed by atoms with Gasteiger partial charge in [-0.25, -0.2) is 0 Å². The lowest BCUT2D eigenvalue weighted by Crippen LogP contribution is -2.63. The minimum atomic E-state index is -0.299. The second-order valence-electron chi connectivity index (χ2n) is 9.14. The van der Waals surface area contributed by atoms with Crippen molar-refractivity contribution in [1.82, 2.24) is 10.2 Å². The van der Waals surface area contributed by atoms with Gasteiger partial charge in [-0.15, -0.1) is 0 Å². The molecule has 2 aromatic carbocycles. The third-order valence-electron chi connectivity index (χ3n) is 7.11. The van der Waals surface area contributed by atoms with E-state index in [1.807, 2.05) is 36.4 Å². The summed E-state index contributed by atoms with van der Waals surface area (Å²) >= 11 is 6.24. The molecule has 4 rings (SSSR count). The van der Waals surface area contributed by atoms with E-state index in [0.29, 0.717) is 18.3 Å². The number of likely N-dealkylation sites (tertiary alicyclic amines) is 1. The van der Waals surface area contributed by atoms with E-state index in [1.165, 1.54) is 25.7 Å². The fourth-order valence-corrected chi connectivity index (χ4v) is 5.51. The van der Waals surface area contributed by atoms with Gasteiger partial charge in [0, 0.05) is 41.1 Å². The first kappa shape index (κ1) is 23.5. The molecule has 6 heteroatoms. The lowest BCUT2D eigenvalue weighted by molar-refractivity contribution is 0.0117. The molecule has 0 radical (unpaired) electrons. The number of nitrogens with zero attached hydrogens (tertiary/aromatic N) is 1. The minimum Gasteiger partial charge on any atom is -0.496 e. The van der Waals surface area contributed by atoms with Gasteiger partial charge in [-0.3, -0.25) is 0 Å². The van der Waals surface area contributed by atoms with Crippen LogP contribution in [0.2, 0.25) is 5.02 Å². The Hall–Kier alpha value is -2.63. The summed E-state index contributed by atoms with van der Waals surface area (Å²) in [5.74, 6) is 1.99. The number of piperidine rings is 1. The van der Waals surface area contributed by atoms with Crippen LogP contribution >= 0.6 is 11.6 Å². The first-order valence-electron chi connectivity index (χ1n) is 11.8. The predicted molar refractivity (Wildman–Crippen MR) is 138 cm³/mol. The summed E-state index contributed by atoms with van der Waals surface area (Å²) < 4.78 is 5.76. The molecule has 0 spiro atoms. The molecule has 0 aromatic heterocycles. The number of nitrogens with one attached hydrogen (secondary N) is 2. The number of anilines is 1. The summed E-state index contributed by atoms with van der Waals surface area (Å²) in [5, 5.41) is 7.32. The molecule has 2 atom stereocenters. The lowest BCUT2D eigenvalue weighted by atomic mass is 9.73. The average Bonchev–Trinajstić information content (AvgIpc) is 2.82. The van der Waals surface area contributed by atoms with E-state index in [2.05, 4.69) is 34.8 Å². The zero-order chi connectivity index (χ0) is 23.4. The fraction of sp³-hybridized carbons (Fsp3) is 0.407. The minimum absolute atomic E-state index is 0.299. The third kappa shape index (κ3) is 4.99. The van der Waals surface area contributed by atoms with Crippen LogP contribution < -0.4 is 21.1 Å². The van der Waals surface area contributed by atoms with Crippen molar-refractivity contribution >= 4 is 23.0 Å². The Morgan fingerprint density at radius 3 is 2.76 bits per heavy atom. The molecule has 0 amide bonds. The van der Waals surface area contributed by atoms with Gasteiger partial charge in [0.15, 0.2) is 0 Å². The van der Waals surface area contributed by atoms with Crippen LogP contribution in [0.15, 0.2) is 61.4 Å². The molecule has 2 aliphatic rings. The van der Waals surface area contributed by atoms with E-state index >= 15 is 0 Å². The van der Waals surface area contributed by atoms with Crippen LogP contribution in [-0.4, -0.2) is 24.2 Å². The Balaban J connectivity index is 1.45. The highest BCUT2D eigenvalue weighted by atomic mass is 35.5. The number of hydrogen-bond donors (Lipinski definition) is 3. The van der Waals surface area contributed by atoms with Crippen molar-refractivity contribution in [1.29, 1.82) is 0 Å². The van der Waals surface area contributed by atoms with Crippen molar-refractivity contribution in [3.8, 4) is 5.75 Å². The van der Waals surface area contributed by atoms with Gasteiger partial charge in [0.05, 0.1) is 18.6 Å². The Kier molecular flexibility index (Phi) is 7.20. The molecular formula is C27H35ClN4O. The standard InChI is InChI=1S/C27H35ClN4O/c1-19(32-16-8-11-22-10-6-7-15-27(22,32)29)24-14-13-23(17-26(24)33-3)31-20(2)30-18-21-9-4-5-12-25(21)28/h4-5,9,12-14,17,22,30-31H,1-2,6-8,10-11,15-16,18,29H2,3H3. The van der Waals surface area contributed by atoms with E-state index in [0.717, 1.165) is 52.7 Å². The van der Waals surface area contributed by atoms with Crippen LogP contribution in [0.1, 0.15) is 49.7 Å². The summed E-state index contributed by atoms with van der Waals surface area (Å²) in [6, 6.07) is 13.8. The molecule has 176 valence electrons. The van der Waals surface area contributed by atoms with Crippen molar-refractivity contribution in [2.45, 2.75) is 50.7 Å². The monoisotopic (exact) mass is 466 g/mol. The topological polar surface area (TPSA) is 62.5 Å². The van der Waals surface area contributed by atoms with E-state index in [9.17, 15) is 0 Å². The fourth-order valence-electron chi connectivity index (χ4n) is 5.31. The van der Waals surface area contributed by atoms with Gasteiger partial charge in [0.25, 0.3) is 0 Å². The number of nitrogens with two attached hydrogens (primary N) is 1. The molecule has 1 saturated heterocycles. The summed E-state index contributed by atoms with van der Waals surface area (Å²) in [5.41, 5.74) is 10.5. The molecular weight excluding hydrogens is 432 g/mol. The first-order valence-corrected chi connectivity index (χ1v) is 12.2. The van der Waals surface area contributed by atoms with Gasteiger partial charge in [-0.1, -0.05) is 49.4 Å². The largest absolute Gasteiger partial charge is 0.496 e. The summed E-state index contributed by atoms with van der Waals surface area (Å²) in [6.07, 6.45) is 7.06. The zero-order valence-electron chi connectivity index (χ0n) is 19.5. The van der Waals surface area contributed by atoms with Crippen LogP contribution in [0.25, 0.3) is 5.70 Å². The van der Waals surface area contributed by atoms with Gasteiger partial charge in [-0.05, 0) is 61.8 Å². The quantitative estimate of drug-likeness (QED) is 0.449. The Morgan fingerprint density at radius 2 is 1.97 bits per heavy atom. The zero-order valence-corrected chi connectivity index (χ0v) is 20.3. The van der Waals surface area contributed by atoms with Crippen molar-refractivity contribution in [3.05, 3.63) is 77.6 Å². The van der Waals surface area contributed by atoms with Crippen molar-refractivity contribution < 1.29 is 4.74 Å².